The monoisotopic (exact) mass is 213 g/mol. The Morgan fingerprint density at radius 3 is 2.60 bits per heavy atom. The molecule has 0 fully saturated rings. The first-order valence-electron chi connectivity index (χ1n) is 5.28. The number of hydrogen-bond acceptors (Lipinski definition) is 4. The van der Waals surface area contributed by atoms with Crippen molar-refractivity contribution >= 4 is 0 Å². The molecule has 2 atom stereocenters. The predicted octanol–water partition coefficient (Wildman–Crippen LogP) is 0.845. The number of nitrogens with zero attached hydrogens (tertiary/aromatic N) is 2. The molecule has 0 amide bonds. The van der Waals surface area contributed by atoms with E-state index in [0.29, 0.717) is 6.04 Å². The van der Waals surface area contributed by atoms with Gasteiger partial charge in [0.2, 0.25) is 0 Å². The van der Waals surface area contributed by atoms with Crippen LogP contribution in [-0.2, 0) is 4.74 Å². The van der Waals surface area contributed by atoms with E-state index in [1.54, 1.807) is 7.11 Å². The van der Waals surface area contributed by atoms with Gasteiger partial charge in [-0.2, -0.15) is 5.26 Å². The highest BCUT2D eigenvalue weighted by molar-refractivity contribution is 5.04. The van der Waals surface area contributed by atoms with Gasteiger partial charge in [-0.05, 0) is 34.4 Å². The molecule has 0 aliphatic carbocycles. The maximum Gasteiger partial charge on any atom is 0.105 e. The van der Waals surface area contributed by atoms with Crippen LogP contribution >= 0.6 is 0 Å². The van der Waals surface area contributed by atoms with Gasteiger partial charge < -0.3 is 15.0 Å². The van der Waals surface area contributed by atoms with Gasteiger partial charge in [0.15, 0.2) is 0 Å². The maximum absolute atomic E-state index is 9.04. The average molecular weight is 213 g/mol. The molecule has 0 radical (unpaired) electrons. The Balaban J connectivity index is 4.11. The second-order valence-electron chi connectivity index (χ2n) is 4.22. The van der Waals surface area contributed by atoms with Gasteiger partial charge in [0.05, 0.1) is 12.7 Å². The molecule has 0 rings (SSSR count). The summed E-state index contributed by atoms with van der Waals surface area (Å²) in [6.45, 7) is 5.67. The minimum Gasteiger partial charge on any atom is -0.383 e. The standard InChI is InChI=1S/C11H23N3O/c1-10(14(4)6-7-15-5)8-11(2,9-12)13-3/h10,13H,6-8H2,1-5H3. The fraction of sp³-hybridized carbons (Fsp3) is 0.909. The summed E-state index contributed by atoms with van der Waals surface area (Å²) in [5.74, 6) is 0. The first-order chi connectivity index (χ1) is 6.99. The first kappa shape index (κ1) is 14.4. The second-order valence-corrected chi connectivity index (χ2v) is 4.22. The number of nitrogens with one attached hydrogen (secondary N) is 1. The van der Waals surface area contributed by atoms with Crippen LogP contribution in [0.15, 0.2) is 0 Å². The summed E-state index contributed by atoms with van der Waals surface area (Å²) in [6.07, 6.45) is 0.806. The summed E-state index contributed by atoms with van der Waals surface area (Å²) in [6, 6.07) is 2.66. The van der Waals surface area contributed by atoms with E-state index in [-0.39, 0.29) is 0 Å². The lowest BCUT2D eigenvalue weighted by Gasteiger charge is -2.30. The van der Waals surface area contributed by atoms with Crippen molar-refractivity contribution in [3.05, 3.63) is 0 Å². The van der Waals surface area contributed by atoms with Crippen molar-refractivity contribution in [3.63, 3.8) is 0 Å². The smallest absolute Gasteiger partial charge is 0.105 e. The molecule has 0 saturated carbocycles. The lowest BCUT2D eigenvalue weighted by molar-refractivity contribution is 0.133. The second kappa shape index (κ2) is 6.78. The highest BCUT2D eigenvalue weighted by Gasteiger charge is 2.25. The van der Waals surface area contributed by atoms with E-state index >= 15 is 0 Å². The Morgan fingerprint density at radius 1 is 1.60 bits per heavy atom. The zero-order valence-corrected chi connectivity index (χ0v) is 10.5. The van der Waals surface area contributed by atoms with Gasteiger partial charge in [-0.15, -0.1) is 0 Å². The molecule has 0 aromatic carbocycles. The van der Waals surface area contributed by atoms with Crippen molar-refractivity contribution < 1.29 is 4.74 Å². The van der Waals surface area contributed by atoms with Crippen molar-refractivity contribution in [2.75, 3.05) is 34.4 Å². The van der Waals surface area contributed by atoms with Crippen LogP contribution in [0.4, 0.5) is 0 Å². The Labute approximate surface area is 93.2 Å². The van der Waals surface area contributed by atoms with Crippen LogP contribution in [0.3, 0.4) is 0 Å². The largest absolute Gasteiger partial charge is 0.383 e. The molecule has 0 aromatic heterocycles. The van der Waals surface area contributed by atoms with Gasteiger partial charge in [-0.1, -0.05) is 0 Å². The van der Waals surface area contributed by atoms with Crippen molar-refractivity contribution in [2.45, 2.75) is 31.8 Å². The maximum atomic E-state index is 9.04. The third-order valence-corrected chi connectivity index (χ3v) is 2.90. The fourth-order valence-electron chi connectivity index (χ4n) is 1.41. The summed E-state index contributed by atoms with van der Waals surface area (Å²) in [4.78, 5) is 2.20. The van der Waals surface area contributed by atoms with Crippen LogP contribution in [0.5, 0.6) is 0 Å². The molecule has 0 aromatic rings. The molecule has 2 unspecified atom stereocenters. The van der Waals surface area contributed by atoms with Gasteiger partial charge in [-0.25, -0.2) is 0 Å². The minimum atomic E-state index is -0.444. The molecule has 0 heterocycles. The van der Waals surface area contributed by atoms with E-state index in [0.717, 1.165) is 19.6 Å². The lowest BCUT2D eigenvalue weighted by Crippen LogP contribution is -2.45. The average Bonchev–Trinajstić information content (AvgIpc) is 2.25. The number of ether oxygens (including phenoxy) is 1. The Morgan fingerprint density at radius 2 is 2.20 bits per heavy atom. The number of rotatable bonds is 7. The molecule has 0 aliphatic heterocycles. The summed E-state index contributed by atoms with van der Waals surface area (Å²) in [5, 5.41) is 12.1. The quantitative estimate of drug-likeness (QED) is 0.681. The summed E-state index contributed by atoms with van der Waals surface area (Å²) in [5.41, 5.74) is -0.444. The van der Waals surface area contributed by atoms with Crippen molar-refractivity contribution in [2.24, 2.45) is 0 Å². The molecule has 0 saturated heterocycles. The molecule has 4 heteroatoms. The van der Waals surface area contributed by atoms with Crippen molar-refractivity contribution in [1.82, 2.24) is 10.2 Å². The van der Waals surface area contributed by atoms with Gasteiger partial charge >= 0.3 is 0 Å². The summed E-state index contributed by atoms with van der Waals surface area (Å²) >= 11 is 0. The van der Waals surface area contributed by atoms with Gasteiger partial charge in [0, 0.05) is 19.7 Å². The topological polar surface area (TPSA) is 48.3 Å². The van der Waals surface area contributed by atoms with E-state index < -0.39 is 5.54 Å². The highest BCUT2D eigenvalue weighted by Crippen LogP contribution is 2.13. The number of methoxy groups -OCH3 is 1. The van der Waals surface area contributed by atoms with E-state index in [4.69, 9.17) is 10.00 Å². The van der Waals surface area contributed by atoms with Crippen molar-refractivity contribution in [1.29, 1.82) is 5.26 Å². The highest BCUT2D eigenvalue weighted by atomic mass is 16.5. The normalized spacial score (nSPS) is 17.1. The molecule has 15 heavy (non-hydrogen) atoms. The van der Waals surface area contributed by atoms with Crippen LogP contribution in [0.1, 0.15) is 20.3 Å². The third kappa shape index (κ3) is 5.12. The van der Waals surface area contributed by atoms with Gasteiger partial charge in [0.1, 0.15) is 5.54 Å². The van der Waals surface area contributed by atoms with Crippen LogP contribution in [0.2, 0.25) is 0 Å². The molecular formula is C11H23N3O. The fourth-order valence-corrected chi connectivity index (χ4v) is 1.41. The molecule has 0 aliphatic rings. The molecule has 88 valence electrons. The number of likely N-dealkylation sites (N-methyl/N-ethyl adjacent to an activating group) is 1. The molecule has 4 nitrogen and oxygen atoms in total. The number of hydrogen-bond donors (Lipinski definition) is 1. The van der Waals surface area contributed by atoms with Crippen LogP contribution in [0, 0.1) is 11.3 Å². The molecular weight excluding hydrogens is 190 g/mol. The summed E-state index contributed by atoms with van der Waals surface area (Å²) < 4.78 is 5.02. The molecule has 0 spiro atoms. The van der Waals surface area contributed by atoms with Crippen LogP contribution in [-0.4, -0.2) is 50.8 Å². The van der Waals surface area contributed by atoms with Gasteiger partial charge in [-0.3, -0.25) is 0 Å². The molecule has 1 N–H and O–H groups in total. The SMILES string of the molecule is CNC(C)(C#N)CC(C)N(C)CCOC. The Hall–Kier alpha value is -0.630. The lowest BCUT2D eigenvalue weighted by atomic mass is 9.95. The first-order valence-corrected chi connectivity index (χ1v) is 5.28. The van der Waals surface area contributed by atoms with E-state index in [1.165, 1.54) is 0 Å². The minimum absolute atomic E-state index is 0.359. The van der Waals surface area contributed by atoms with E-state index in [2.05, 4.69) is 30.3 Å². The predicted molar refractivity (Wildman–Crippen MR) is 61.7 cm³/mol. The molecule has 0 bridgehead atoms. The zero-order valence-electron chi connectivity index (χ0n) is 10.5. The Bertz CT molecular complexity index is 214. The van der Waals surface area contributed by atoms with Crippen LogP contribution in [0.25, 0.3) is 0 Å². The van der Waals surface area contributed by atoms with Gasteiger partial charge in [0.25, 0.3) is 0 Å². The van der Waals surface area contributed by atoms with E-state index in [1.807, 2.05) is 14.0 Å². The third-order valence-electron chi connectivity index (χ3n) is 2.90. The zero-order chi connectivity index (χ0) is 11.9. The summed E-state index contributed by atoms with van der Waals surface area (Å²) in [7, 11) is 5.58. The van der Waals surface area contributed by atoms with Crippen LogP contribution < -0.4 is 5.32 Å². The van der Waals surface area contributed by atoms with E-state index in [9.17, 15) is 0 Å². The number of nitriles is 1. The Kier molecular flexibility index (Phi) is 6.50. The van der Waals surface area contributed by atoms with Crippen molar-refractivity contribution in [3.8, 4) is 6.07 Å².